The van der Waals surface area contributed by atoms with Gasteiger partial charge < -0.3 is 42.3 Å². The first-order valence-electron chi connectivity index (χ1n) is 11.7. The van der Waals surface area contributed by atoms with Crippen molar-refractivity contribution in [1.82, 2.24) is 21.3 Å². The van der Waals surface area contributed by atoms with Crippen LogP contribution in [0.2, 0.25) is 0 Å². The molecule has 0 aliphatic rings. The quantitative estimate of drug-likeness (QED) is 0.0864. The van der Waals surface area contributed by atoms with Gasteiger partial charge in [0.15, 0.2) is 0 Å². The van der Waals surface area contributed by atoms with Crippen molar-refractivity contribution in [3.05, 3.63) is 0 Å². The second-order valence-corrected chi connectivity index (χ2v) is 8.60. The van der Waals surface area contributed by atoms with Gasteiger partial charge in [-0.1, -0.05) is 0 Å². The molecule has 0 aliphatic carbocycles. The van der Waals surface area contributed by atoms with Crippen LogP contribution in [0.25, 0.3) is 0 Å². The minimum atomic E-state index is -1.52. The van der Waals surface area contributed by atoms with Crippen LogP contribution >= 0.6 is 0 Å². The zero-order chi connectivity index (χ0) is 29.4. The molecule has 4 atom stereocenters. The van der Waals surface area contributed by atoms with Gasteiger partial charge in [-0.3, -0.25) is 24.0 Å². The maximum absolute atomic E-state index is 12.2. The maximum atomic E-state index is 12.2. The molecule has 16 nitrogen and oxygen atoms in total. The van der Waals surface area contributed by atoms with Gasteiger partial charge in [-0.2, -0.15) is 0 Å². The van der Waals surface area contributed by atoms with Crippen LogP contribution in [0.1, 0.15) is 65.2 Å². The van der Waals surface area contributed by atoms with Crippen molar-refractivity contribution in [2.24, 2.45) is 5.73 Å². The molecule has 9 N–H and O–H groups in total. The van der Waals surface area contributed by atoms with Crippen LogP contribution in [0, 0.1) is 0 Å². The third kappa shape index (κ3) is 15.7. The predicted octanol–water partition coefficient (Wildman–Crippen LogP) is -2.17. The van der Waals surface area contributed by atoms with E-state index in [1.54, 1.807) is 6.92 Å². The third-order valence-electron chi connectivity index (χ3n) is 5.15. The second kappa shape index (κ2) is 17.3. The molecule has 0 spiro atoms. The fourth-order valence-corrected chi connectivity index (χ4v) is 3.15. The molecule has 0 aromatic carbocycles. The molecular formula is C22H35N5O11. The van der Waals surface area contributed by atoms with Crippen LogP contribution in [0.5, 0.6) is 0 Å². The zero-order valence-corrected chi connectivity index (χ0v) is 21.2. The number of carbonyl (C=O) groups excluding carboxylic acids is 5. The molecule has 4 unspecified atom stereocenters. The van der Waals surface area contributed by atoms with Gasteiger partial charge in [0.1, 0.15) is 18.1 Å². The summed E-state index contributed by atoms with van der Waals surface area (Å²) >= 11 is 0. The van der Waals surface area contributed by atoms with Crippen molar-refractivity contribution in [1.29, 1.82) is 0 Å². The van der Waals surface area contributed by atoms with E-state index in [1.165, 1.54) is 0 Å². The summed E-state index contributed by atoms with van der Waals surface area (Å²) in [6.07, 6.45) is -1.73. The highest BCUT2D eigenvalue weighted by Gasteiger charge is 2.26. The molecular weight excluding hydrogens is 510 g/mol. The SMILES string of the molecule is CC(=O)NC(CCC(=O)NC(CCC(=O)NC(CCC(=O)NC(C)CCC(N)=O)C(=O)O)C(=O)O)C(=O)O. The van der Waals surface area contributed by atoms with E-state index >= 15 is 0 Å². The van der Waals surface area contributed by atoms with E-state index in [0.717, 1.165) is 6.92 Å². The number of carboxylic acid groups (broad SMARTS) is 3. The lowest BCUT2D eigenvalue weighted by Crippen LogP contribution is -2.45. The molecule has 0 heterocycles. The highest BCUT2D eigenvalue weighted by Crippen LogP contribution is 2.05. The molecule has 38 heavy (non-hydrogen) atoms. The molecule has 0 saturated heterocycles. The number of rotatable bonds is 19. The van der Waals surface area contributed by atoms with Gasteiger partial charge in [0, 0.05) is 38.6 Å². The fourth-order valence-electron chi connectivity index (χ4n) is 3.15. The zero-order valence-electron chi connectivity index (χ0n) is 21.2. The summed E-state index contributed by atoms with van der Waals surface area (Å²) in [6.45, 7) is 2.74. The monoisotopic (exact) mass is 545 g/mol. The van der Waals surface area contributed by atoms with Gasteiger partial charge in [0.05, 0.1) is 0 Å². The van der Waals surface area contributed by atoms with Gasteiger partial charge in [-0.25, -0.2) is 14.4 Å². The van der Waals surface area contributed by atoms with E-state index < -0.39 is 84.8 Å². The van der Waals surface area contributed by atoms with Crippen molar-refractivity contribution in [3.8, 4) is 0 Å². The van der Waals surface area contributed by atoms with Crippen molar-refractivity contribution in [3.63, 3.8) is 0 Å². The average Bonchev–Trinajstić information content (AvgIpc) is 2.79. The molecule has 16 heteroatoms. The lowest BCUT2D eigenvalue weighted by Gasteiger charge is -2.18. The average molecular weight is 546 g/mol. The van der Waals surface area contributed by atoms with E-state index in [0.29, 0.717) is 6.42 Å². The summed E-state index contributed by atoms with van der Waals surface area (Å²) in [5.74, 6) is -7.57. The number of primary amides is 1. The molecule has 0 rings (SSSR count). The van der Waals surface area contributed by atoms with E-state index in [9.17, 15) is 48.6 Å². The van der Waals surface area contributed by atoms with Gasteiger partial charge in [-0.05, 0) is 32.6 Å². The van der Waals surface area contributed by atoms with E-state index in [4.69, 9.17) is 10.8 Å². The summed E-state index contributed by atoms with van der Waals surface area (Å²) in [7, 11) is 0. The topological polar surface area (TPSA) is 271 Å². The van der Waals surface area contributed by atoms with Crippen molar-refractivity contribution < 1.29 is 53.7 Å². The van der Waals surface area contributed by atoms with Gasteiger partial charge >= 0.3 is 17.9 Å². The van der Waals surface area contributed by atoms with Crippen LogP contribution < -0.4 is 27.0 Å². The summed E-state index contributed by atoms with van der Waals surface area (Å²) in [4.78, 5) is 92.1. The van der Waals surface area contributed by atoms with Crippen molar-refractivity contribution >= 4 is 47.4 Å². The lowest BCUT2D eigenvalue weighted by atomic mass is 10.1. The molecule has 0 fully saturated rings. The Bertz CT molecular complexity index is 908. The van der Waals surface area contributed by atoms with Crippen LogP contribution in [0.3, 0.4) is 0 Å². The highest BCUT2D eigenvalue weighted by atomic mass is 16.4. The number of amides is 5. The smallest absolute Gasteiger partial charge is 0.326 e. The van der Waals surface area contributed by atoms with Crippen LogP contribution in [0.15, 0.2) is 0 Å². The molecule has 0 aromatic rings. The molecule has 0 bridgehead atoms. The Morgan fingerprint density at radius 2 is 0.921 bits per heavy atom. The Morgan fingerprint density at radius 1 is 0.579 bits per heavy atom. The molecule has 0 saturated carbocycles. The van der Waals surface area contributed by atoms with Crippen LogP contribution in [0.4, 0.5) is 0 Å². The highest BCUT2D eigenvalue weighted by molar-refractivity contribution is 5.87. The molecule has 0 radical (unpaired) electrons. The number of hydrogen-bond donors (Lipinski definition) is 8. The molecule has 0 aliphatic heterocycles. The Labute approximate surface area is 218 Å². The first-order chi connectivity index (χ1) is 17.6. The summed E-state index contributed by atoms with van der Waals surface area (Å²) in [6, 6.07) is -4.68. The summed E-state index contributed by atoms with van der Waals surface area (Å²) < 4.78 is 0. The van der Waals surface area contributed by atoms with Crippen LogP contribution in [-0.2, 0) is 38.4 Å². The van der Waals surface area contributed by atoms with Crippen LogP contribution in [-0.4, -0.2) is 86.9 Å². The van der Waals surface area contributed by atoms with Crippen molar-refractivity contribution in [2.45, 2.75) is 89.4 Å². The Morgan fingerprint density at radius 3 is 1.24 bits per heavy atom. The number of nitrogens with one attached hydrogen (secondary N) is 4. The van der Waals surface area contributed by atoms with E-state index in [-0.39, 0.29) is 31.7 Å². The van der Waals surface area contributed by atoms with E-state index in [1.807, 2.05) is 0 Å². The maximum Gasteiger partial charge on any atom is 0.326 e. The number of carboxylic acids is 3. The van der Waals surface area contributed by atoms with Gasteiger partial charge in [-0.15, -0.1) is 0 Å². The summed E-state index contributed by atoms with van der Waals surface area (Å²) in [5, 5.41) is 36.7. The van der Waals surface area contributed by atoms with Gasteiger partial charge in [0.2, 0.25) is 29.5 Å². The Kier molecular flexibility index (Phi) is 15.3. The lowest BCUT2D eigenvalue weighted by molar-refractivity contribution is -0.144. The van der Waals surface area contributed by atoms with Gasteiger partial charge in [0.25, 0.3) is 0 Å². The number of hydrogen-bond acceptors (Lipinski definition) is 8. The third-order valence-corrected chi connectivity index (χ3v) is 5.15. The Balaban J connectivity index is 4.73. The standard InChI is InChI=1S/C22H35N5O11/c1-11(3-7-16(23)29)24-17(30)8-5-14(21(35)36)26-19(32)10-6-15(22(37)38)27-18(31)9-4-13(20(33)34)25-12(2)28/h11,13-15H,3-10H2,1-2H3,(H2,23,29)(H,24,30)(H,25,28)(H,26,32)(H,27,31)(H,33,34)(H,35,36)(H,37,38). The first-order valence-corrected chi connectivity index (χ1v) is 11.7. The molecule has 5 amide bonds. The van der Waals surface area contributed by atoms with Crippen molar-refractivity contribution in [2.75, 3.05) is 0 Å². The second-order valence-electron chi connectivity index (χ2n) is 8.60. The normalized spacial score (nSPS) is 13.6. The predicted molar refractivity (Wildman–Crippen MR) is 128 cm³/mol. The Hall–Kier alpha value is -4.24. The number of aliphatic carboxylic acids is 3. The molecule has 214 valence electrons. The fraction of sp³-hybridized carbons (Fsp3) is 0.636. The summed E-state index contributed by atoms with van der Waals surface area (Å²) in [5.41, 5.74) is 5.04. The minimum Gasteiger partial charge on any atom is -0.480 e. The molecule has 0 aromatic heterocycles. The largest absolute Gasteiger partial charge is 0.480 e. The number of nitrogens with two attached hydrogens (primary N) is 1. The van der Waals surface area contributed by atoms with E-state index in [2.05, 4.69) is 21.3 Å². The number of carbonyl (C=O) groups is 8. The minimum absolute atomic E-state index is 0.0625. The first kappa shape index (κ1) is 33.8.